The van der Waals surface area contributed by atoms with Crippen LogP contribution in [0.2, 0.25) is 5.02 Å². The first-order valence-corrected chi connectivity index (χ1v) is 9.26. The summed E-state index contributed by atoms with van der Waals surface area (Å²) in [5.74, 6) is 0.637. The van der Waals surface area contributed by atoms with Crippen LogP contribution in [0.15, 0.2) is 48.5 Å². The predicted molar refractivity (Wildman–Crippen MR) is 107 cm³/mol. The van der Waals surface area contributed by atoms with E-state index in [1.807, 2.05) is 42.5 Å². The van der Waals surface area contributed by atoms with E-state index >= 15 is 0 Å². The van der Waals surface area contributed by atoms with E-state index in [9.17, 15) is 9.59 Å². The first-order valence-electron chi connectivity index (χ1n) is 8.88. The van der Waals surface area contributed by atoms with E-state index in [0.29, 0.717) is 24.7 Å². The van der Waals surface area contributed by atoms with E-state index in [4.69, 9.17) is 16.3 Å². The van der Waals surface area contributed by atoms with Gasteiger partial charge in [-0.3, -0.25) is 9.59 Å². The van der Waals surface area contributed by atoms with Gasteiger partial charge in [-0.05, 0) is 35.7 Å². The molecule has 0 heterocycles. The molecule has 2 aromatic rings. The molecule has 0 aliphatic rings. The SMILES string of the molecule is COc1cccc(CCNC(=O)CCN(Cc2ccccc2Cl)C(C)=O)c1. The molecule has 0 atom stereocenters. The van der Waals surface area contributed by atoms with Crippen LogP contribution < -0.4 is 10.1 Å². The summed E-state index contributed by atoms with van der Waals surface area (Å²) in [6.45, 7) is 2.78. The summed E-state index contributed by atoms with van der Waals surface area (Å²) in [5, 5.41) is 3.51. The van der Waals surface area contributed by atoms with Crippen molar-refractivity contribution in [2.24, 2.45) is 0 Å². The number of amides is 2. The van der Waals surface area contributed by atoms with Gasteiger partial charge in [0.05, 0.1) is 7.11 Å². The number of ether oxygens (including phenoxy) is 1. The number of halogens is 1. The first-order chi connectivity index (χ1) is 13.0. The average Bonchev–Trinajstić information content (AvgIpc) is 2.66. The fourth-order valence-electron chi connectivity index (χ4n) is 2.68. The minimum Gasteiger partial charge on any atom is -0.497 e. The van der Waals surface area contributed by atoms with Crippen LogP contribution in [-0.4, -0.2) is 36.9 Å². The summed E-state index contributed by atoms with van der Waals surface area (Å²) in [7, 11) is 1.63. The molecule has 0 spiro atoms. The van der Waals surface area contributed by atoms with Gasteiger partial charge in [-0.2, -0.15) is 0 Å². The van der Waals surface area contributed by atoms with Crippen LogP contribution in [0.25, 0.3) is 0 Å². The van der Waals surface area contributed by atoms with Crippen LogP contribution in [0.4, 0.5) is 0 Å². The van der Waals surface area contributed by atoms with E-state index in [1.54, 1.807) is 18.1 Å². The monoisotopic (exact) mass is 388 g/mol. The standard InChI is InChI=1S/C21H25ClN2O3/c1-16(25)24(15-18-7-3-4-9-20(18)22)13-11-21(26)23-12-10-17-6-5-8-19(14-17)27-2/h3-9,14H,10-13,15H2,1-2H3,(H,23,26). The van der Waals surface area contributed by atoms with E-state index in [1.165, 1.54) is 6.92 Å². The Morgan fingerprint density at radius 1 is 1.15 bits per heavy atom. The van der Waals surface area contributed by atoms with Gasteiger partial charge in [0.25, 0.3) is 0 Å². The van der Waals surface area contributed by atoms with E-state index in [2.05, 4.69) is 5.32 Å². The van der Waals surface area contributed by atoms with Crippen molar-refractivity contribution in [2.45, 2.75) is 26.3 Å². The average molecular weight is 389 g/mol. The summed E-state index contributed by atoms with van der Waals surface area (Å²) in [4.78, 5) is 25.6. The topological polar surface area (TPSA) is 58.6 Å². The predicted octanol–water partition coefficient (Wildman–Crippen LogP) is 3.45. The fraction of sp³-hybridized carbons (Fsp3) is 0.333. The molecule has 0 fully saturated rings. The Hall–Kier alpha value is -2.53. The molecular formula is C21H25ClN2O3. The van der Waals surface area contributed by atoms with Crippen LogP contribution in [-0.2, 0) is 22.6 Å². The van der Waals surface area contributed by atoms with Crippen LogP contribution in [0.1, 0.15) is 24.5 Å². The molecule has 0 radical (unpaired) electrons. The van der Waals surface area contributed by atoms with Gasteiger partial charge in [-0.25, -0.2) is 0 Å². The van der Waals surface area contributed by atoms with E-state index < -0.39 is 0 Å². The second-order valence-corrected chi connectivity index (χ2v) is 6.64. The number of carbonyl (C=O) groups excluding carboxylic acids is 2. The Labute approximate surface area is 165 Å². The molecular weight excluding hydrogens is 364 g/mol. The molecule has 1 N–H and O–H groups in total. The lowest BCUT2D eigenvalue weighted by Gasteiger charge is -2.21. The van der Waals surface area contributed by atoms with E-state index in [0.717, 1.165) is 23.3 Å². The molecule has 0 unspecified atom stereocenters. The van der Waals surface area contributed by atoms with Crippen molar-refractivity contribution in [3.63, 3.8) is 0 Å². The highest BCUT2D eigenvalue weighted by Gasteiger charge is 2.13. The summed E-state index contributed by atoms with van der Waals surface area (Å²) in [5.41, 5.74) is 1.96. The van der Waals surface area contributed by atoms with Crippen molar-refractivity contribution in [2.75, 3.05) is 20.2 Å². The first kappa shape index (κ1) is 20.8. The zero-order valence-electron chi connectivity index (χ0n) is 15.7. The third-order valence-electron chi connectivity index (χ3n) is 4.24. The van der Waals surface area contributed by atoms with Crippen LogP contribution in [0, 0.1) is 0 Å². The zero-order valence-corrected chi connectivity index (χ0v) is 16.5. The maximum absolute atomic E-state index is 12.1. The molecule has 27 heavy (non-hydrogen) atoms. The smallest absolute Gasteiger partial charge is 0.221 e. The second kappa shape index (κ2) is 10.6. The quantitative estimate of drug-likeness (QED) is 0.715. The minimum absolute atomic E-state index is 0.0803. The number of rotatable bonds is 9. The lowest BCUT2D eigenvalue weighted by Crippen LogP contribution is -2.34. The molecule has 0 bridgehead atoms. The number of hydrogen-bond acceptors (Lipinski definition) is 3. The number of carbonyl (C=O) groups is 2. The summed E-state index contributed by atoms with van der Waals surface area (Å²) >= 11 is 6.16. The third kappa shape index (κ3) is 6.94. The van der Waals surface area contributed by atoms with E-state index in [-0.39, 0.29) is 18.2 Å². The molecule has 6 heteroatoms. The zero-order chi connectivity index (χ0) is 19.6. The van der Waals surface area contributed by atoms with Gasteiger partial charge in [-0.1, -0.05) is 41.9 Å². The van der Waals surface area contributed by atoms with Gasteiger partial charge in [0.15, 0.2) is 0 Å². The molecule has 0 aliphatic carbocycles. The Bertz CT molecular complexity index is 780. The molecule has 2 aromatic carbocycles. The summed E-state index contributed by atoms with van der Waals surface area (Å²) < 4.78 is 5.19. The fourth-order valence-corrected chi connectivity index (χ4v) is 2.87. The van der Waals surface area contributed by atoms with Crippen molar-refractivity contribution in [1.82, 2.24) is 10.2 Å². The highest BCUT2D eigenvalue weighted by molar-refractivity contribution is 6.31. The van der Waals surface area contributed by atoms with Crippen molar-refractivity contribution in [1.29, 1.82) is 0 Å². The second-order valence-electron chi connectivity index (χ2n) is 6.23. The number of benzene rings is 2. The van der Waals surface area contributed by atoms with Gasteiger partial charge in [0.2, 0.25) is 11.8 Å². The van der Waals surface area contributed by atoms with Gasteiger partial charge < -0.3 is 15.0 Å². The molecule has 2 rings (SSSR count). The Balaban J connectivity index is 1.78. The molecule has 5 nitrogen and oxygen atoms in total. The highest BCUT2D eigenvalue weighted by Crippen LogP contribution is 2.17. The van der Waals surface area contributed by atoms with Crippen molar-refractivity contribution >= 4 is 23.4 Å². The molecule has 2 amide bonds. The van der Waals surface area contributed by atoms with Crippen molar-refractivity contribution in [3.8, 4) is 5.75 Å². The molecule has 144 valence electrons. The molecule has 0 aromatic heterocycles. The minimum atomic E-state index is -0.0842. The van der Waals surface area contributed by atoms with Crippen molar-refractivity contribution in [3.05, 3.63) is 64.7 Å². The van der Waals surface area contributed by atoms with Crippen LogP contribution >= 0.6 is 11.6 Å². The lowest BCUT2D eigenvalue weighted by atomic mass is 10.1. The van der Waals surface area contributed by atoms with Gasteiger partial charge in [0.1, 0.15) is 5.75 Å². The van der Waals surface area contributed by atoms with Gasteiger partial charge in [0, 0.05) is 38.0 Å². The Kier molecular flexibility index (Phi) is 8.14. The van der Waals surface area contributed by atoms with Crippen molar-refractivity contribution < 1.29 is 14.3 Å². The molecule has 0 saturated heterocycles. The summed E-state index contributed by atoms with van der Waals surface area (Å²) in [6, 6.07) is 15.2. The summed E-state index contributed by atoms with van der Waals surface area (Å²) in [6.07, 6.45) is 0.973. The number of methoxy groups -OCH3 is 1. The maximum Gasteiger partial charge on any atom is 0.221 e. The van der Waals surface area contributed by atoms with Crippen LogP contribution in [0.5, 0.6) is 5.75 Å². The number of nitrogens with one attached hydrogen (secondary N) is 1. The Morgan fingerprint density at radius 2 is 1.93 bits per heavy atom. The Morgan fingerprint density at radius 3 is 2.63 bits per heavy atom. The molecule has 0 aliphatic heterocycles. The van der Waals surface area contributed by atoms with Gasteiger partial charge in [-0.15, -0.1) is 0 Å². The molecule has 0 saturated carbocycles. The number of nitrogens with zero attached hydrogens (tertiary/aromatic N) is 1. The van der Waals surface area contributed by atoms with Crippen LogP contribution in [0.3, 0.4) is 0 Å². The number of hydrogen-bond donors (Lipinski definition) is 1. The lowest BCUT2D eigenvalue weighted by molar-refractivity contribution is -0.130. The largest absolute Gasteiger partial charge is 0.497 e. The highest BCUT2D eigenvalue weighted by atomic mass is 35.5. The van der Waals surface area contributed by atoms with Gasteiger partial charge >= 0.3 is 0 Å². The third-order valence-corrected chi connectivity index (χ3v) is 4.61. The maximum atomic E-state index is 12.1. The normalized spacial score (nSPS) is 10.3.